The van der Waals surface area contributed by atoms with Gasteiger partial charge in [-0.15, -0.1) is 0 Å². The zero-order chi connectivity index (χ0) is 19.5. The van der Waals surface area contributed by atoms with Crippen molar-refractivity contribution in [1.82, 2.24) is 15.0 Å². The van der Waals surface area contributed by atoms with Crippen molar-refractivity contribution in [1.29, 1.82) is 0 Å². The zero-order valence-electron chi connectivity index (χ0n) is 14.9. The molecule has 3 aromatic heterocycles. The Kier molecular flexibility index (Phi) is 5.45. The van der Waals surface area contributed by atoms with Gasteiger partial charge in [-0.25, -0.2) is 4.98 Å². The standard InChI is InChI=1S/C21H15IN4OS/c1-13-9-16(11-17(22)10-13)18-19(14-4-7-23-8-5-14)28-21(25-18)26-20(27)15-3-2-6-24-12-15/h2-12H,1H3,(H,25,26,27). The van der Waals surface area contributed by atoms with E-state index >= 15 is 0 Å². The van der Waals surface area contributed by atoms with Crippen molar-refractivity contribution < 1.29 is 4.79 Å². The molecule has 0 radical (unpaired) electrons. The molecule has 0 aliphatic rings. The molecule has 0 unspecified atom stereocenters. The number of carbonyl (C=O) groups is 1. The van der Waals surface area contributed by atoms with Gasteiger partial charge < -0.3 is 0 Å². The molecule has 4 aromatic rings. The van der Waals surface area contributed by atoms with Crippen LogP contribution < -0.4 is 5.32 Å². The number of hydrogen-bond acceptors (Lipinski definition) is 5. The highest BCUT2D eigenvalue weighted by molar-refractivity contribution is 14.1. The molecule has 0 bridgehead atoms. The topological polar surface area (TPSA) is 67.8 Å². The molecule has 0 saturated heterocycles. The third-order valence-corrected chi connectivity index (χ3v) is 5.67. The minimum atomic E-state index is -0.228. The van der Waals surface area contributed by atoms with Gasteiger partial charge >= 0.3 is 0 Å². The van der Waals surface area contributed by atoms with Gasteiger partial charge in [-0.3, -0.25) is 20.1 Å². The first kappa shape index (κ1) is 18.7. The molecule has 0 aliphatic carbocycles. The van der Waals surface area contributed by atoms with Gasteiger partial charge in [0.05, 0.1) is 16.1 Å². The lowest BCUT2D eigenvalue weighted by Gasteiger charge is -2.05. The average Bonchev–Trinajstić information content (AvgIpc) is 3.12. The number of benzene rings is 1. The molecule has 1 aromatic carbocycles. The number of hydrogen-bond donors (Lipinski definition) is 1. The first-order chi connectivity index (χ1) is 13.6. The van der Waals surface area contributed by atoms with E-state index in [9.17, 15) is 4.79 Å². The lowest BCUT2D eigenvalue weighted by Crippen LogP contribution is -2.11. The minimum absolute atomic E-state index is 0.228. The number of aromatic nitrogens is 3. The van der Waals surface area contributed by atoms with Crippen molar-refractivity contribution in [3.8, 4) is 21.7 Å². The molecule has 5 nitrogen and oxygen atoms in total. The van der Waals surface area contributed by atoms with Crippen LogP contribution in [0.5, 0.6) is 0 Å². The van der Waals surface area contributed by atoms with Crippen molar-refractivity contribution in [2.24, 2.45) is 0 Å². The Morgan fingerprint density at radius 2 is 1.86 bits per heavy atom. The van der Waals surface area contributed by atoms with Gasteiger partial charge in [0.2, 0.25) is 0 Å². The summed E-state index contributed by atoms with van der Waals surface area (Å²) in [4.78, 5) is 26.4. The second-order valence-corrected chi connectivity index (χ2v) is 8.39. The predicted octanol–water partition coefficient (Wildman–Crippen LogP) is 5.43. The minimum Gasteiger partial charge on any atom is -0.298 e. The number of anilines is 1. The van der Waals surface area contributed by atoms with Crippen molar-refractivity contribution >= 4 is 45.0 Å². The van der Waals surface area contributed by atoms with Gasteiger partial charge in [0.25, 0.3) is 5.91 Å². The first-order valence-electron chi connectivity index (χ1n) is 8.50. The van der Waals surface area contributed by atoms with Gasteiger partial charge in [0, 0.05) is 33.9 Å². The Morgan fingerprint density at radius 1 is 1.04 bits per heavy atom. The second kappa shape index (κ2) is 8.15. The van der Waals surface area contributed by atoms with Crippen molar-refractivity contribution in [3.05, 3.63) is 81.9 Å². The quantitative estimate of drug-likeness (QED) is 0.381. The Labute approximate surface area is 180 Å². The number of amides is 1. The summed E-state index contributed by atoms with van der Waals surface area (Å²) < 4.78 is 1.14. The molecule has 7 heteroatoms. The summed E-state index contributed by atoms with van der Waals surface area (Å²) >= 11 is 3.76. The lowest BCUT2D eigenvalue weighted by molar-refractivity contribution is 0.102. The number of pyridine rings is 2. The summed E-state index contributed by atoms with van der Waals surface area (Å²) in [6.07, 6.45) is 6.69. The van der Waals surface area contributed by atoms with E-state index in [1.165, 1.54) is 17.5 Å². The smallest absolute Gasteiger partial charge is 0.259 e. The molecule has 1 N–H and O–H groups in total. The fraction of sp³-hybridized carbons (Fsp3) is 0.0476. The van der Waals surface area contributed by atoms with E-state index in [2.05, 4.69) is 63.0 Å². The number of halogens is 1. The van der Waals surface area contributed by atoms with Crippen LogP contribution in [-0.2, 0) is 0 Å². The molecule has 0 fully saturated rings. The Balaban J connectivity index is 1.77. The van der Waals surface area contributed by atoms with Gasteiger partial charge in [0.15, 0.2) is 5.13 Å². The number of nitrogens with zero attached hydrogens (tertiary/aromatic N) is 3. The van der Waals surface area contributed by atoms with Crippen molar-refractivity contribution in [2.45, 2.75) is 6.92 Å². The molecule has 0 spiro atoms. The van der Waals surface area contributed by atoms with Crippen LogP contribution >= 0.6 is 33.9 Å². The van der Waals surface area contributed by atoms with Gasteiger partial charge in [-0.05, 0) is 83.1 Å². The molecule has 0 saturated carbocycles. The van der Waals surface area contributed by atoms with Crippen LogP contribution in [0.2, 0.25) is 0 Å². The number of thiazole rings is 1. The van der Waals surface area contributed by atoms with E-state index in [0.29, 0.717) is 10.7 Å². The SMILES string of the molecule is Cc1cc(I)cc(-c2nc(NC(=O)c3cccnc3)sc2-c2ccncc2)c1. The fourth-order valence-electron chi connectivity index (χ4n) is 2.81. The van der Waals surface area contributed by atoms with E-state index in [-0.39, 0.29) is 5.91 Å². The molecular formula is C21H15IN4OS. The fourth-order valence-corrected chi connectivity index (χ4v) is 4.62. The largest absolute Gasteiger partial charge is 0.298 e. The maximum atomic E-state index is 12.5. The number of rotatable bonds is 4. The first-order valence-corrected chi connectivity index (χ1v) is 10.4. The number of nitrogens with one attached hydrogen (secondary N) is 1. The van der Waals surface area contributed by atoms with Gasteiger partial charge in [-0.2, -0.15) is 0 Å². The van der Waals surface area contributed by atoms with E-state index in [0.717, 1.165) is 30.8 Å². The van der Waals surface area contributed by atoms with E-state index in [4.69, 9.17) is 4.98 Å². The van der Waals surface area contributed by atoms with Crippen LogP contribution in [-0.4, -0.2) is 20.9 Å². The summed E-state index contributed by atoms with van der Waals surface area (Å²) in [7, 11) is 0. The molecule has 0 atom stereocenters. The zero-order valence-corrected chi connectivity index (χ0v) is 17.9. The van der Waals surface area contributed by atoms with Crippen LogP contribution in [0, 0.1) is 10.5 Å². The summed E-state index contributed by atoms with van der Waals surface area (Å²) in [6.45, 7) is 2.06. The third kappa shape index (κ3) is 4.10. The Hall–Kier alpha value is -2.65. The van der Waals surface area contributed by atoms with Crippen LogP contribution in [0.4, 0.5) is 5.13 Å². The van der Waals surface area contributed by atoms with Crippen molar-refractivity contribution in [3.63, 3.8) is 0 Å². The summed E-state index contributed by atoms with van der Waals surface area (Å²) in [6, 6.07) is 13.7. The molecule has 0 aliphatic heterocycles. The highest BCUT2D eigenvalue weighted by Crippen LogP contribution is 2.39. The third-order valence-electron chi connectivity index (χ3n) is 4.03. The summed E-state index contributed by atoms with van der Waals surface area (Å²) in [5, 5.41) is 3.45. The molecule has 28 heavy (non-hydrogen) atoms. The van der Waals surface area contributed by atoms with Crippen LogP contribution in [0.25, 0.3) is 21.7 Å². The lowest BCUT2D eigenvalue weighted by atomic mass is 10.1. The second-order valence-electron chi connectivity index (χ2n) is 6.15. The number of carbonyl (C=O) groups excluding carboxylic acids is 1. The Bertz CT molecular complexity index is 1110. The van der Waals surface area contributed by atoms with Crippen molar-refractivity contribution in [2.75, 3.05) is 5.32 Å². The maximum absolute atomic E-state index is 12.5. The van der Waals surface area contributed by atoms with Crippen LogP contribution in [0.15, 0.2) is 67.3 Å². The summed E-state index contributed by atoms with van der Waals surface area (Å²) in [5.41, 5.74) is 4.54. The van der Waals surface area contributed by atoms with Crippen LogP contribution in [0.1, 0.15) is 15.9 Å². The highest BCUT2D eigenvalue weighted by atomic mass is 127. The van der Waals surface area contributed by atoms with Crippen LogP contribution in [0.3, 0.4) is 0 Å². The van der Waals surface area contributed by atoms with E-state index in [1.807, 2.05) is 12.1 Å². The van der Waals surface area contributed by atoms with E-state index in [1.54, 1.807) is 30.7 Å². The van der Waals surface area contributed by atoms with Gasteiger partial charge in [0.1, 0.15) is 0 Å². The monoisotopic (exact) mass is 498 g/mol. The maximum Gasteiger partial charge on any atom is 0.259 e. The molecule has 4 rings (SSSR count). The van der Waals surface area contributed by atoms with Gasteiger partial charge in [-0.1, -0.05) is 11.3 Å². The molecular weight excluding hydrogens is 483 g/mol. The van der Waals surface area contributed by atoms with E-state index < -0.39 is 0 Å². The summed E-state index contributed by atoms with van der Waals surface area (Å²) in [5.74, 6) is -0.228. The Morgan fingerprint density at radius 3 is 2.57 bits per heavy atom. The normalized spacial score (nSPS) is 10.6. The predicted molar refractivity (Wildman–Crippen MR) is 120 cm³/mol. The highest BCUT2D eigenvalue weighted by Gasteiger charge is 2.17. The molecule has 138 valence electrons. The number of aryl methyl sites for hydroxylation is 1. The molecule has 1 amide bonds. The average molecular weight is 498 g/mol. The molecule has 3 heterocycles.